The molecule has 0 unspecified atom stereocenters. The fourth-order valence-corrected chi connectivity index (χ4v) is 6.13. The van der Waals surface area contributed by atoms with Crippen LogP contribution in [-0.4, -0.2) is 46.6 Å². The number of nitrogens with zero attached hydrogens (tertiary/aromatic N) is 2. The molecule has 2 aromatic carbocycles. The molecule has 5 rings (SSSR count). The molecule has 1 saturated carbocycles. The fraction of sp³-hybridized carbons (Fsp3) is 0.500. The predicted octanol–water partition coefficient (Wildman–Crippen LogP) is 25.4. The minimum Gasteiger partial charge on any atom is -0.376 e. The molecule has 2 atom stereocenters. The van der Waals surface area contributed by atoms with Crippen molar-refractivity contribution >= 4 is 28.4 Å². The zero-order valence-corrected chi connectivity index (χ0v) is 44.3. The van der Waals surface area contributed by atoms with E-state index in [1.807, 2.05) is 66.0 Å². The fourth-order valence-electron chi connectivity index (χ4n) is 6.13. The van der Waals surface area contributed by atoms with Crippen molar-refractivity contribution in [3.05, 3.63) is 65.4 Å². The second kappa shape index (κ2) is 165. The number of ether oxygens (including phenoxy) is 1. The van der Waals surface area contributed by atoms with E-state index in [0.29, 0.717) is 36.3 Å². The van der Waals surface area contributed by atoms with E-state index >= 15 is 0 Å². The van der Waals surface area contributed by atoms with Crippen molar-refractivity contribution < 1.29 is 262 Å². The van der Waals surface area contributed by atoms with Crippen LogP contribution in [0.25, 0.3) is 10.9 Å². The molecule has 0 spiro atoms. The molecule has 86 heavy (non-hydrogen) atoms. The maximum atomic E-state index is 13.4. The van der Waals surface area contributed by atoms with Crippen molar-refractivity contribution in [2.24, 2.45) is 18.9 Å². The van der Waals surface area contributed by atoms with Gasteiger partial charge in [-0.25, -0.2) is 0 Å². The van der Waals surface area contributed by atoms with E-state index in [2.05, 4.69) is 25.2 Å². The summed E-state index contributed by atoms with van der Waals surface area (Å²) in [6, 6.07) is 15.0. The Hall–Kier alpha value is -5.31. The van der Waals surface area contributed by atoms with E-state index in [1.54, 1.807) is 0 Å². The van der Waals surface area contributed by atoms with Crippen molar-refractivity contribution in [1.82, 2.24) is 9.47 Å². The molecule has 2 heterocycles. The molecule has 535 valence electrons. The number of aromatic nitrogens is 1. The zero-order valence-electron chi connectivity index (χ0n) is 41.5. The van der Waals surface area contributed by atoms with E-state index < -0.39 is 0 Å². The summed E-state index contributed by atoms with van der Waals surface area (Å²) in [4.78, 5) is 28.4. The van der Waals surface area contributed by atoms with E-state index in [0.717, 1.165) is 53.8 Å². The average Bonchev–Trinajstić information content (AvgIpc) is 4.20. The van der Waals surface area contributed by atoms with Gasteiger partial charge in [0.25, 0.3) is 5.91 Å². The third kappa shape index (κ3) is 87.5. The first-order valence-corrected chi connectivity index (χ1v) is 17.3. The standard InChI is InChI=1S/C32H40N3O3.23F2.FH.Y/c1-21-9-13-27(14-10-21)38-20-26-15-22(2)18-35(26)31(36)17-24-11-12-25(16-23(24)3)33-32(37)29-19-34(4)30-8-6-5-7-28(29)30;23*1-2;;/h5-8,11,16,19,21-22,26-27H,9-10,13-15,17-18,20H2,1-4H3,(H,33,37);;;;;;;;;;;;;;;;;;;;;;;;1H;/q-1;;;;;;;;;;;;;;;;;;;;;;;;;/t21?,22-,26-,27?;;;;;;;;;;;;;;;;;;;;;;;;;/m0........................./s1. The Bertz CT molecular complexity index is 1400. The van der Waals surface area contributed by atoms with Crippen LogP contribution >= 0.6 is 0 Å². The Labute approximate surface area is 474 Å². The largest absolute Gasteiger partial charge is 0.376 e. The number of hydrogen-bond donors (Lipinski definition) is 1. The van der Waals surface area contributed by atoms with Gasteiger partial charge in [0.05, 0.1) is 24.3 Å². The molecule has 1 aromatic heterocycles. The summed E-state index contributed by atoms with van der Waals surface area (Å²) >= 11 is 0. The maximum absolute atomic E-state index is 13.4. The third-order valence-electron chi connectivity index (χ3n) is 8.43. The van der Waals surface area contributed by atoms with Crippen molar-refractivity contribution in [3.8, 4) is 0 Å². The van der Waals surface area contributed by atoms with Crippen LogP contribution in [0.4, 0.5) is 221 Å². The van der Waals surface area contributed by atoms with Crippen LogP contribution in [0.3, 0.4) is 0 Å². The average molecular weight is 1500 g/mol. The molecule has 1 saturated heterocycles. The third-order valence-corrected chi connectivity index (χ3v) is 8.43. The molecular formula is C32H41F47N3O3Y-. The minimum absolute atomic E-state index is 0. The second-order valence-electron chi connectivity index (χ2n) is 11.6. The van der Waals surface area contributed by atoms with Crippen molar-refractivity contribution in [1.29, 1.82) is 0 Å². The van der Waals surface area contributed by atoms with Crippen LogP contribution in [0.15, 0.2) is 42.6 Å². The summed E-state index contributed by atoms with van der Waals surface area (Å²) in [6.45, 7) is 7.95. The number of hydrogen-bond acceptors (Lipinski definition) is 3. The number of nitrogens with one attached hydrogen (secondary N) is 1. The number of fused-ring (bicyclic) bond motifs is 1. The molecule has 1 aliphatic carbocycles. The monoisotopic (exact) mass is 1500 g/mol. The summed E-state index contributed by atoms with van der Waals surface area (Å²) in [6.07, 6.45) is 8.28. The van der Waals surface area contributed by atoms with Gasteiger partial charge >= 0.3 is 0 Å². The van der Waals surface area contributed by atoms with Crippen molar-refractivity contribution in [2.45, 2.75) is 71.4 Å². The van der Waals surface area contributed by atoms with Gasteiger partial charge in [0.2, 0.25) is 5.91 Å². The smallest absolute Gasteiger partial charge is 0.256 e. The summed E-state index contributed by atoms with van der Waals surface area (Å²) < 4.78 is 376. The number of rotatable bonds is 7. The summed E-state index contributed by atoms with van der Waals surface area (Å²) in [5, 5.41) is 3.90. The van der Waals surface area contributed by atoms with Crippen LogP contribution in [0.1, 0.15) is 67.4 Å². The van der Waals surface area contributed by atoms with Gasteiger partial charge in [-0.2, -0.15) is 17.7 Å². The SMILES string of the molecule is Cc1cc(NC(=O)c2cn(C)c3ccccc23)[c-]cc1CC(=O)N1C[C@@H](C)C[C@H]1COC1CCC(C)CC1.F.FF.FF.FF.FF.FF.FF.FF.FF.FF.FF.FF.FF.FF.FF.FF.FF.FF.FF.FF.FF.FF.FF.FF.[Y]. The van der Waals surface area contributed by atoms with Gasteiger partial charge in [-0.05, 0) is 50.0 Å². The van der Waals surface area contributed by atoms with Crippen molar-refractivity contribution in [3.63, 3.8) is 0 Å². The zero-order chi connectivity index (χ0) is 72.8. The number of likely N-dealkylation sites (tertiary alicyclic amines) is 1. The summed E-state index contributed by atoms with van der Waals surface area (Å²) in [5.41, 5.74) is 4.17. The Balaban J connectivity index is -0.0000000393. The number of anilines is 1. The Morgan fingerprint density at radius 1 is 0.535 bits per heavy atom. The van der Waals surface area contributed by atoms with E-state index in [4.69, 9.17) is 215 Å². The summed E-state index contributed by atoms with van der Waals surface area (Å²) in [7, 11) is 1.94. The maximum Gasteiger partial charge on any atom is 0.256 e. The van der Waals surface area contributed by atoms with Crippen molar-refractivity contribution in [2.75, 3.05) is 18.5 Å². The first kappa shape index (κ1) is 144. The number of benzene rings is 2. The number of aryl methyl sites for hydroxylation is 2. The van der Waals surface area contributed by atoms with Crippen LogP contribution in [0.5, 0.6) is 0 Å². The Morgan fingerprint density at radius 2 is 0.872 bits per heavy atom. The van der Waals surface area contributed by atoms with Gasteiger partial charge in [-0.15, -0.1) is 11.6 Å². The van der Waals surface area contributed by atoms with E-state index in [-0.39, 0.29) is 55.3 Å². The molecule has 0 bridgehead atoms. The van der Waals surface area contributed by atoms with E-state index in [9.17, 15) is 9.59 Å². The number of amides is 2. The van der Waals surface area contributed by atoms with Gasteiger partial charge in [0, 0.05) is 280 Å². The quantitative estimate of drug-likeness (QED) is 0.189. The molecular weight excluding hydrogens is 1460 g/mol. The van der Waals surface area contributed by atoms with Crippen LogP contribution in [0, 0.1) is 24.8 Å². The Morgan fingerprint density at radius 3 is 1.21 bits per heavy atom. The first-order chi connectivity index (χ1) is 41.3. The molecule has 3 aromatic rings. The van der Waals surface area contributed by atoms with Crippen LogP contribution < -0.4 is 5.32 Å². The first-order valence-electron chi connectivity index (χ1n) is 17.3. The van der Waals surface area contributed by atoms with Gasteiger partial charge in [-0.3, -0.25) is 14.3 Å². The predicted molar refractivity (Wildman–Crippen MR) is 205 cm³/mol. The molecule has 2 amide bonds. The minimum atomic E-state index is -0.164. The molecule has 6 nitrogen and oxygen atoms in total. The normalized spacial score (nSPS) is 12.0. The second-order valence-corrected chi connectivity index (χ2v) is 11.6. The van der Waals surface area contributed by atoms with Gasteiger partial charge < -0.3 is 19.5 Å². The Kier molecular flexibility index (Phi) is 276. The number of halogens is 47. The topological polar surface area (TPSA) is 63.6 Å². The molecule has 1 radical (unpaired) electrons. The molecule has 2 aliphatic rings. The molecule has 1 aliphatic heterocycles. The van der Waals surface area contributed by atoms with Gasteiger partial charge in [0.15, 0.2) is 0 Å². The molecule has 1 N–H and O–H groups in total. The van der Waals surface area contributed by atoms with Crippen LogP contribution in [0.2, 0.25) is 0 Å². The number of para-hydroxylation sites is 1. The van der Waals surface area contributed by atoms with Gasteiger partial charge in [0.1, 0.15) is 0 Å². The summed E-state index contributed by atoms with van der Waals surface area (Å²) in [5.74, 6) is 1.27. The number of carbonyl (C=O) groups excluding carboxylic acids is 2. The number of carbonyl (C=O) groups is 2. The molecule has 2 fully saturated rings. The van der Waals surface area contributed by atoms with Gasteiger partial charge in [-0.1, -0.05) is 44.7 Å². The van der Waals surface area contributed by atoms with Crippen LogP contribution in [-0.2, 0) is 55.7 Å². The molecule has 54 heteroatoms. The van der Waals surface area contributed by atoms with E-state index in [1.165, 1.54) is 12.8 Å².